The maximum absolute atomic E-state index is 11.9. The van der Waals surface area contributed by atoms with E-state index in [1.807, 2.05) is 19.1 Å². The number of carbonyl (C=O) groups excluding carboxylic acids is 1. The molecule has 1 heterocycles. The third kappa shape index (κ3) is 7.38. The molecule has 5 atom stereocenters. The first kappa shape index (κ1) is 31.5. The third-order valence-electron chi connectivity index (χ3n) is 6.94. The van der Waals surface area contributed by atoms with E-state index >= 15 is 0 Å². The van der Waals surface area contributed by atoms with Crippen LogP contribution in [-0.4, -0.2) is 116 Å². The van der Waals surface area contributed by atoms with Crippen molar-refractivity contribution >= 4 is 6.03 Å². The third-order valence-corrected chi connectivity index (χ3v) is 6.94. The van der Waals surface area contributed by atoms with E-state index in [1.54, 1.807) is 18.2 Å². The number of aliphatic hydroxyl groups is 7. The highest BCUT2D eigenvalue weighted by Gasteiger charge is 2.44. The van der Waals surface area contributed by atoms with Crippen LogP contribution in [0, 0.1) is 6.92 Å². The first-order valence-corrected chi connectivity index (χ1v) is 12.8. The van der Waals surface area contributed by atoms with Crippen molar-refractivity contribution in [1.82, 2.24) is 10.6 Å². The van der Waals surface area contributed by atoms with E-state index in [4.69, 9.17) is 9.47 Å². The maximum atomic E-state index is 11.9. The molecule has 0 unspecified atom stereocenters. The Morgan fingerprint density at radius 3 is 2.23 bits per heavy atom. The Hall–Kier alpha value is -3.01. The van der Waals surface area contributed by atoms with Gasteiger partial charge in [-0.15, -0.1) is 0 Å². The Bertz CT molecular complexity index is 1100. The van der Waals surface area contributed by atoms with Gasteiger partial charge in [0, 0.05) is 5.56 Å². The highest BCUT2D eigenvalue weighted by molar-refractivity contribution is 5.74. The summed E-state index contributed by atoms with van der Waals surface area (Å²) in [5.41, 5.74) is 1.21. The van der Waals surface area contributed by atoms with Crippen molar-refractivity contribution in [2.75, 3.05) is 39.6 Å². The molecule has 0 bridgehead atoms. The molecule has 1 aliphatic heterocycles. The Balaban J connectivity index is 1.59. The SMILES string of the molecule is Cc1cc(O)c([C@@H]2O[C@H](CO)[C@@H](O)[C@H](O)[C@H]2O)cc1Cc1ccc(OCCNC(=O)NC(CO)(CO)CO)cc1. The van der Waals surface area contributed by atoms with E-state index in [0.29, 0.717) is 12.2 Å². The predicted octanol–water partition coefficient (Wildman–Crippen LogP) is -1.80. The average molecular weight is 567 g/mol. The Morgan fingerprint density at radius 1 is 0.975 bits per heavy atom. The van der Waals surface area contributed by atoms with Crippen LogP contribution in [0.2, 0.25) is 0 Å². The summed E-state index contributed by atoms with van der Waals surface area (Å²) >= 11 is 0. The lowest BCUT2D eigenvalue weighted by molar-refractivity contribution is -0.232. The van der Waals surface area contributed by atoms with Crippen LogP contribution in [0.15, 0.2) is 36.4 Å². The van der Waals surface area contributed by atoms with Crippen molar-refractivity contribution in [2.24, 2.45) is 0 Å². The molecule has 13 heteroatoms. The molecule has 0 spiro atoms. The van der Waals surface area contributed by atoms with Gasteiger partial charge in [-0.1, -0.05) is 12.1 Å². The Labute approximate surface area is 231 Å². The van der Waals surface area contributed by atoms with Crippen molar-refractivity contribution in [3.63, 3.8) is 0 Å². The van der Waals surface area contributed by atoms with Crippen molar-refractivity contribution in [3.8, 4) is 11.5 Å². The molecular weight excluding hydrogens is 528 g/mol. The summed E-state index contributed by atoms with van der Waals surface area (Å²) in [6, 6.07) is 9.69. The number of aromatic hydroxyl groups is 1. The molecule has 13 nitrogen and oxygen atoms in total. The number of ether oxygens (including phenoxy) is 2. The first-order chi connectivity index (χ1) is 19.1. The number of phenolic OH excluding ortho intramolecular Hbond substituents is 1. The van der Waals surface area contributed by atoms with Gasteiger partial charge in [-0.05, 0) is 54.3 Å². The second-order valence-corrected chi connectivity index (χ2v) is 9.89. The van der Waals surface area contributed by atoms with E-state index < -0.39 is 68.5 Å². The molecule has 1 saturated heterocycles. The average Bonchev–Trinajstić information content (AvgIpc) is 2.95. The van der Waals surface area contributed by atoms with Crippen LogP contribution >= 0.6 is 0 Å². The van der Waals surface area contributed by atoms with Gasteiger partial charge in [0.2, 0.25) is 0 Å². The summed E-state index contributed by atoms with van der Waals surface area (Å²) < 4.78 is 11.2. The number of carbonyl (C=O) groups is 1. The summed E-state index contributed by atoms with van der Waals surface area (Å²) in [4.78, 5) is 11.9. The van der Waals surface area contributed by atoms with Crippen LogP contribution < -0.4 is 15.4 Å². The summed E-state index contributed by atoms with van der Waals surface area (Å²) in [5.74, 6) is 0.400. The van der Waals surface area contributed by atoms with Gasteiger partial charge in [0.1, 0.15) is 54.2 Å². The lowest BCUT2D eigenvalue weighted by atomic mass is 9.88. The van der Waals surface area contributed by atoms with Gasteiger partial charge < -0.3 is 61.0 Å². The zero-order valence-electron chi connectivity index (χ0n) is 22.1. The Morgan fingerprint density at radius 2 is 1.62 bits per heavy atom. The van der Waals surface area contributed by atoms with Crippen LogP contribution in [0.25, 0.3) is 0 Å². The quantitative estimate of drug-likeness (QED) is 0.129. The molecule has 2 aromatic carbocycles. The minimum absolute atomic E-state index is 0.124. The highest BCUT2D eigenvalue weighted by atomic mass is 16.5. The zero-order chi connectivity index (χ0) is 29.4. The van der Waals surface area contributed by atoms with Gasteiger partial charge in [-0.3, -0.25) is 0 Å². The molecule has 2 aromatic rings. The lowest BCUT2D eigenvalue weighted by Gasteiger charge is -2.40. The molecule has 0 aliphatic carbocycles. The molecule has 222 valence electrons. The minimum Gasteiger partial charge on any atom is -0.508 e. The second-order valence-electron chi connectivity index (χ2n) is 9.89. The van der Waals surface area contributed by atoms with Crippen molar-refractivity contribution < 1.29 is 55.1 Å². The molecule has 2 amide bonds. The fourth-order valence-corrected chi connectivity index (χ4v) is 4.34. The topological polar surface area (TPSA) is 221 Å². The molecular formula is C27H38N2O11. The number of amides is 2. The molecule has 10 N–H and O–H groups in total. The van der Waals surface area contributed by atoms with Gasteiger partial charge in [0.05, 0.1) is 33.0 Å². The van der Waals surface area contributed by atoms with E-state index in [1.165, 1.54) is 6.07 Å². The predicted molar refractivity (Wildman–Crippen MR) is 141 cm³/mol. The molecule has 1 fully saturated rings. The lowest BCUT2D eigenvalue weighted by Crippen LogP contribution is -2.59. The van der Waals surface area contributed by atoms with Crippen LogP contribution in [0.1, 0.15) is 28.4 Å². The summed E-state index contributed by atoms with van der Waals surface area (Å²) in [7, 11) is 0. The maximum Gasteiger partial charge on any atom is 0.315 e. The second kappa shape index (κ2) is 14.1. The zero-order valence-corrected chi connectivity index (χ0v) is 22.1. The summed E-state index contributed by atoms with van der Waals surface area (Å²) in [5, 5.41) is 83.4. The van der Waals surface area contributed by atoms with E-state index in [9.17, 15) is 45.6 Å². The number of urea groups is 1. The van der Waals surface area contributed by atoms with Crippen molar-refractivity contribution in [2.45, 2.75) is 49.4 Å². The minimum atomic E-state index is -1.56. The monoisotopic (exact) mass is 566 g/mol. The Kier molecular flexibility index (Phi) is 11.1. The van der Waals surface area contributed by atoms with Gasteiger partial charge in [-0.25, -0.2) is 4.79 Å². The van der Waals surface area contributed by atoms with Crippen LogP contribution in [0.3, 0.4) is 0 Å². The molecule has 0 saturated carbocycles. The molecule has 0 radical (unpaired) electrons. The number of hydrogen-bond acceptors (Lipinski definition) is 11. The first-order valence-electron chi connectivity index (χ1n) is 12.8. The van der Waals surface area contributed by atoms with Gasteiger partial charge in [0.15, 0.2) is 0 Å². The molecule has 40 heavy (non-hydrogen) atoms. The van der Waals surface area contributed by atoms with Gasteiger partial charge >= 0.3 is 6.03 Å². The van der Waals surface area contributed by atoms with E-state index in [0.717, 1.165) is 16.7 Å². The number of phenols is 1. The number of rotatable bonds is 12. The summed E-state index contributed by atoms with van der Waals surface area (Å²) in [6.45, 7) is -0.385. The smallest absolute Gasteiger partial charge is 0.315 e. The van der Waals surface area contributed by atoms with Crippen LogP contribution in [0.4, 0.5) is 4.79 Å². The molecule has 0 aromatic heterocycles. The van der Waals surface area contributed by atoms with E-state index in [2.05, 4.69) is 10.6 Å². The molecule has 3 rings (SSSR count). The fourth-order valence-electron chi connectivity index (χ4n) is 4.34. The molecule has 1 aliphatic rings. The number of nitrogens with one attached hydrogen (secondary N) is 2. The van der Waals surface area contributed by atoms with Crippen LogP contribution in [0.5, 0.6) is 11.5 Å². The number of hydrogen-bond donors (Lipinski definition) is 10. The standard InChI is InChI=1S/C27H38N2O11/c1-15-8-20(34)19(25-24(37)23(36)22(35)21(11-30)40-25)10-17(15)9-16-2-4-18(5-3-16)39-7-6-28-26(38)29-27(12-31,13-32)14-33/h2-5,8,10,21-25,30-37H,6-7,9,11-14H2,1H3,(H2,28,29,38)/t21-,22-,23+,24-,25+/m1/s1. The van der Waals surface area contributed by atoms with Gasteiger partial charge in [-0.2, -0.15) is 0 Å². The van der Waals surface area contributed by atoms with Crippen LogP contribution in [-0.2, 0) is 11.2 Å². The highest BCUT2D eigenvalue weighted by Crippen LogP contribution is 2.38. The summed E-state index contributed by atoms with van der Waals surface area (Å²) in [6.07, 6.45) is -6.38. The van der Waals surface area contributed by atoms with Crippen molar-refractivity contribution in [1.29, 1.82) is 0 Å². The number of aliphatic hydroxyl groups excluding tert-OH is 7. The largest absolute Gasteiger partial charge is 0.508 e. The van der Waals surface area contributed by atoms with Crippen molar-refractivity contribution in [3.05, 3.63) is 58.7 Å². The normalized spacial score (nSPS) is 23.1. The number of benzene rings is 2. The van der Waals surface area contributed by atoms with Gasteiger partial charge in [0.25, 0.3) is 0 Å². The fraction of sp³-hybridized carbons (Fsp3) is 0.519. The number of aryl methyl sites for hydroxylation is 1. The van der Waals surface area contributed by atoms with E-state index in [-0.39, 0.29) is 24.5 Å².